The first-order valence-electron chi connectivity index (χ1n) is 3.74. The molecule has 4 heteroatoms. The number of carbonyl (C=O) groups excluding carboxylic acids is 1. The molecule has 0 aliphatic carbocycles. The molecule has 0 aliphatic heterocycles. The molecule has 2 N–H and O–H groups in total. The van der Waals surface area contributed by atoms with Gasteiger partial charge in [-0.2, -0.15) is 0 Å². The Labute approximate surface area is 70.8 Å². The van der Waals surface area contributed by atoms with Crippen LogP contribution in [0.3, 0.4) is 0 Å². The number of amides is 1. The normalized spacial score (nSPS) is 10.2. The van der Waals surface area contributed by atoms with Gasteiger partial charge in [0.1, 0.15) is 0 Å². The van der Waals surface area contributed by atoms with Gasteiger partial charge in [-0.1, -0.05) is 13.8 Å². The number of hydrogen-bond acceptors (Lipinski definition) is 3. The Morgan fingerprint density at radius 1 is 1.58 bits per heavy atom. The summed E-state index contributed by atoms with van der Waals surface area (Å²) in [5.74, 6) is -0.218. The average molecular weight is 165 g/mol. The van der Waals surface area contributed by atoms with Crippen LogP contribution in [0.5, 0.6) is 0 Å². The molecule has 0 atom stereocenters. The van der Waals surface area contributed by atoms with Crippen molar-refractivity contribution in [3.05, 3.63) is 23.8 Å². The van der Waals surface area contributed by atoms with Crippen LogP contribution in [0, 0.1) is 0 Å². The second kappa shape index (κ2) is 3.30. The highest BCUT2D eigenvalue weighted by molar-refractivity contribution is 5.88. The van der Waals surface area contributed by atoms with Gasteiger partial charge >= 0.3 is 0 Å². The second-order valence-electron chi connectivity index (χ2n) is 2.82. The Morgan fingerprint density at radius 2 is 2.25 bits per heavy atom. The highest BCUT2D eigenvalue weighted by Crippen LogP contribution is 2.09. The highest BCUT2D eigenvalue weighted by Gasteiger charge is 2.06. The fourth-order valence-electron chi connectivity index (χ4n) is 0.813. The third-order valence-electron chi connectivity index (χ3n) is 1.49. The van der Waals surface area contributed by atoms with Crippen molar-refractivity contribution in [3.63, 3.8) is 0 Å². The van der Waals surface area contributed by atoms with E-state index in [2.05, 4.69) is 9.97 Å². The Bertz CT molecular complexity index is 296. The van der Waals surface area contributed by atoms with Crippen LogP contribution in [-0.2, 0) is 0 Å². The molecule has 0 saturated heterocycles. The van der Waals surface area contributed by atoms with Crippen molar-refractivity contribution in [1.82, 2.24) is 9.97 Å². The van der Waals surface area contributed by atoms with Crippen molar-refractivity contribution >= 4 is 5.91 Å². The minimum atomic E-state index is -0.586. The number of nitrogens with two attached hydrogens (primary N) is 1. The summed E-state index contributed by atoms with van der Waals surface area (Å²) >= 11 is 0. The fraction of sp³-hybridized carbons (Fsp3) is 0.375. The van der Waals surface area contributed by atoms with Crippen LogP contribution in [0.1, 0.15) is 36.1 Å². The van der Waals surface area contributed by atoms with E-state index in [1.54, 1.807) is 12.3 Å². The second-order valence-corrected chi connectivity index (χ2v) is 2.82. The fourth-order valence-corrected chi connectivity index (χ4v) is 0.813. The molecular weight excluding hydrogens is 154 g/mol. The zero-order chi connectivity index (χ0) is 9.14. The van der Waals surface area contributed by atoms with Crippen LogP contribution in [0.25, 0.3) is 0 Å². The number of carbonyl (C=O) groups is 1. The van der Waals surface area contributed by atoms with Crippen LogP contribution in [0.4, 0.5) is 0 Å². The molecule has 0 aliphatic rings. The van der Waals surface area contributed by atoms with Crippen LogP contribution < -0.4 is 5.73 Å². The summed E-state index contributed by atoms with van der Waals surface area (Å²) in [6.07, 6.45) is 1.54. The van der Waals surface area contributed by atoms with Crippen molar-refractivity contribution in [2.75, 3.05) is 0 Å². The monoisotopic (exact) mass is 165 g/mol. The molecule has 0 radical (unpaired) electrons. The van der Waals surface area contributed by atoms with Gasteiger partial charge < -0.3 is 5.73 Å². The lowest BCUT2D eigenvalue weighted by molar-refractivity contribution is 0.0990. The molecule has 1 amide bonds. The lowest BCUT2D eigenvalue weighted by atomic mass is 10.1. The zero-order valence-corrected chi connectivity index (χ0v) is 7.11. The van der Waals surface area contributed by atoms with E-state index in [1.165, 1.54) is 0 Å². The van der Waals surface area contributed by atoms with Gasteiger partial charge in [0.25, 0.3) is 5.91 Å². The Hall–Kier alpha value is -1.45. The van der Waals surface area contributed by atoms with Gasteiger partial charge in [-0.25, -0.2) is 9.97 Å². The molecule has 1 heterocycles. The van der Waals surface area contributed by atoms with Gasteiger partial charge in [-0.05, 0) is 12.0 Å². The summed E-state index contributed by atoms with van der Waals surface area (Å²) in [6, 6.07) is 1.77. The van der Waals surface area contributed by atoms with E-state index in [0.29, 0.717) is 0 Å². The first-order valence-corrected chi connectivity index (χ1v) is 3.74. The lowest BCUT2D eigenvalue weighted by Gasteiger charge is -2.03. The topological polar surface area (TPSA) is 68.9 Å². The molecule has 12 heavy (non-hydrogen) atoms. The van der Waals surface area contributed by atoms with Gasteiger partial charge in [-0.3, -0.25) is 4.79 Å². The largest absolute Gasteiger partial charge is 0.363 e. The van der Waals surface area contributed by atoms with Gasteiger partial charge in [0.05, 0.1) is 0 Å². The zero-order valence-electron chi connectivity index (χ0n) is 7.11. The molecule has 1 aromatic heterocycles. The van der Waals surface area contributed by atoms with E-state index in [0.717, 1.165) is 5.69 Å². The predicted molar refractivity (Wildman–Crippen MR) is 44.6 cm³/mol. The van der Waals surface area contributed by atoms with Gasteiger partial charge in [0.15, 0.2) is 0 Å². The van der Waals surface area contributed by atoms with E-state index in [4.69, 9.17) is 5.73 Å². The van der Waals surface area contributed by atoms with Crippen molar-refractivity contribution < 1.29 is 4.79 Å². The predicted octanol–water partition coefficient (Wildman–Crippen LogP) is 0.699. The van der Waals surface area contributed by atoms with Gasteiger partial charge in [0, 0.05) is 11.9 Å². The third-order valence-corrected chi connectivity index (χ3v) is 1.49. The number of aromatic nitrogens is 2. The minimum Gasteiger partial charge on any atom is -0.363 e. The summed E-state index contributed by atoms with van der Waals surface area (Å²) in [6.45, 7) is 3.99. The van der Waals surface area contributed by atoms with E-state index >= 15 is 0 Å². The quantitative estimate of drug-likeness (QED) is 0.701. The molecular formula is C8H11N3O. The molecule has 1 rings (SSSR count). The van der Waals surface area contributed by atoms with Gasteiger partial charge in [-0.15, -0.1) is 0 Å². The first kappa shape index (κ1) is 8.64. The number of hydrogen-bond donors (Lipinski definition) is 1. The molecule has 0 spiro atoms. The maximum absolute atomic E-state index is 10.7. The maximum Gasteiger partial charge on any atom is 0.286 e. The standard InChI is InChI=1S/C8H11N3O/c1-5(2)6-3-4-10-8(11-6)7(9)12/h3-5H,1-2H3,(H2,9,12). The SMILES string of the molecule is CC(C)c1ccnc(C(N)=O)n1. The summed E-state index contributed by atoms with van der Waals surface area (Å²) in [5, 5.41) is 0. The van der Waals surface area contributed by atoms with E-state index in [-0.39, 0.29) is 11.7 Å². The molecule has 1 aromatic rings. The summed E-state index contributed by atoms with van der Waals surface area (Å²) in [4.78, 5) is 18.4. The summed E-state index contributed by atoms with van der Waals surface area (Å²) in [5.41, 5.74) is 5.85. The first-order chi connectivity index (χ1) is 5.61. The Morgan fingerprint density at radius 3 is 2.75 bits per heavy atom. The minimum absolute atomic E-state index is 0.0844. The van der Waals surface area contributed by atoms with Crippen molar-refractivity contribution in [2.45, 2.75) is 19.8 Å². The van der Waals surface area contributed by atoms with E-state index in [1.807, 2.05) is 13.8 Å². The van der Waals surface area contributed by atoms with Crippen molar-refractivity contribution in [3.8, 4) is 0 Å². The van der Waals surface area contributed by atoms with Crippen LogP contribution in [0.2, 0.25) is 0 Å². The van der Waals surface area contributed by atoms with Crippen LogP contribution >= 0.6 is 0 Å². The number of rotatable bonds is 2. The molecule has 0 bridgehead atoms. The van der Waals surface area contributed by atoms with E-state index < -0.39 is 5.91 Å². The molecule has 64 valence electrons. The molecule has 0 unspecified atom stereocenters. The van der Waals surface area contributed by atoms with E-state index in [9.17, 15) is 4.79 Å². The maximum atomic E-state index is 10.7. The molecule has 0 fully saturated rings. The Balaban J connectivity index is 3.04. The molecule has 0 aromatic carbocycles. The van der Waals surface area contributed by atoms with Crippen LogP contribution in [-0.4, -0.2) is 15.9 Å². The van der Waals surface area contributed by atoms with Crippen LogP contribution in [0.15, 0.2) is 12.3 Å². The smallest absolute Gasteiger partial charge is 0.286 e. The summed E-state index contributed by atoms with van der Waals surface area (Å²) < 4.78 is 0. The summed E-state index contributed by atoms with van der Waals surface area (Å²) in [7, 11) is 0. The number of nitrogens with zero attached hydrogens (tertiary/aromatic N) is 2. The average Bonchev–Trinajstić information content (AvgIpc) is 2.04. The van der Waals surface area contributed by atoms with Gasteiger partial charge in [0.2, 0.25) is 5.82 Å². The lowest BCUT2D eigenvalue weighted by Crippen LogP contribution is -2.16. The third kappa shape index (κ3) is 1.78. The van der Waals surface area contributed by atoms with Crippen molar-refractivity contribution in [1.29, 1.82) is 0 Å². The van der Waals surface area contributed by atoms with Crippen molar-refractivity contribution in [2.24, 2.45) is 5.73 Å². The molecule has 4 nitrogen and oxygen atoms in total. The number of primary amides is 1. The highest BCUT2D eigenvalue weighted by atomic mass is 16.1. The Kier molecular flexibility index (Phi) is 2.38. The molecule has 0 saturated carbocycles.